The molecule has 0 radical (unpaired) electrons. The van der Waals surface area contributed by atoms with E-state index in [2.05, 4.69) is 5.32 Å². The summed E-state index contributed by atoms with van der Waals surface area (Å²) in [6, 6.07) is 3.31. The zero-order chi connectivity index (χ0) is 19.2. The first-order valence-corrected chi connectivity index (χ1v) is 10.3. The molecule has 3 fully saturated rings. The van der Waals surface area contributed by atoms with Crippen LogP contribution >= 0.6 is 0 Å². The molecule has 0 aliphatic heterocycles. The van der Waals surface area contributed by atoms with Crippen LogP contribution in [0.25, 0.3) is 0 Å². The van der Waals surface area contributed by atoms with Gasteiger partial charge in [-0.15, -0.1) is 0 Å². The van der Waals surface area contributed by atoms with Crippen LogP contribution in [0, 0.1) is 5.82 Å². The molecule has 1 aromatic carbocycles. The van der Waals surface area contributed by atoms with Gasteiger partial charge in [-0.3, -0.25) is 4.79 Å². The molecule has 1 amide bonds. The van der Waals surface area contributed by atoms with Crippen LogP contribution < -0.4 is 15.8 Å². The maximum atomic E-state index is 13.6. The number of sulfone groups is 1. The molecule has 2 bridgehead atoms. The maximum absolute atomic E-state index is 13.6. The number of hydrogen-bond donors (Lipinski definition) is 3. The molecule has 26 heavy (non-hydrogen) atoms. The molecule has 0 aromatic heterocycles. The molecule has 144 valence electrons. The largest absolute Gasteiger partial charge is 0.484 e. The molecule has 3 aliphatic carbocycles. The van der Waals surface area contributed by atoms with Crippen molar-refractivity contribution < 1.29 is 27.4 Å². The van der Waals surface area contributed by atoms with Crippen LogP contribution in [-0.2, 0) is 14.6 Å². The third-order valence-corrected chi connectivity index (χ3v) is 6.57. The van der Waals surface area contributed by atoms with Crippen molar-refractivity contribution in [1.29, 1.82) is 0 Å². The predicted molar refractivity (Wildman–Crippen MR) is 91.9 cm³/mol. The van der Waals surface area contributed by atoms with Gasteiger partial charge in [0.1, 0.15) is 16.5 Å². The number of carbonyl (C=O) groups is 1. The van der Waals surface area contributed by atoms with Gasteiger partial charge in [0.05, 0.1) is 6.10 Å². The highest BCUT2D eigenvalue weighted by molar-refractivity contribution is 7.90. The van der Waals surface area contributed by atoms with Crippen LogP contribution in [0.4, 0.5) is 4.39 Å². The minimum atomic E-state index is -3.73. The highest BCUT2D eigenvalue weighted by Crippen LogP contribution is 2.45. The van der Waals surface area contributed by atoms with Gasteiger partial charge in [0.25, 0.3) is 5.91 Å². The number of ether oxygens (including phenoxy) is 1. The molecular formula is C17H23FN2O5S. The van der Waals surface area contributed by atoms with E-state index in [0.717, 1.165) is 18.4 Å². The van der Waals surface area contributed by atoms with E-state index in [1.807, 2.05) is 0 Å². The Balaban J connectivity index is 1.62. The Bertz CT molecular complexity index is 818. The molecular weight excluding hydrogens is 363 g/mol. The Hall–Kier alpha value is -1.71. The second kappa shape index (κ2) is 6.47. The van der Waals surface area contributed by atoms with Crippen molar-refractivity contribution in [2.24, 2.45) is 5.73 Å². The Morgan fingerprint density at radius 2 is 2.04 bits per heavy atom. The molecule has 9 heteroatoms. The number of rotatable bonds is 5. The Labute approximate surface area is 151 Å². The van der Waals surface area contributed by atoms with E-state index in [4.69, 9.17) is 10.5 Å². The lowest BCUT2D eigenvalue weighted by Crippen LogP contribution is -2.68. The molecule has 3 aliphatic rings. The standard InChI is InChI=1S/C17H23FN2O5S/c1-26(23,24)13-8-11(2-3-12(13)18)25-10-15(22)20-16-4-6-17(19,7-5-16)14(21)9-16/h2-3,8,14,21H,4-7,9-10,19H2,1H3,(H,20,22)/t14-,16?,17?/m0/s1. The topological polar surface area (TPSA) is 119 Å². The lowest BCUT2D eigenvalue weighted by atomic mass is 9.60. The van der Waals surface area contributed by atoms with Gasteiger partial charge in [0.2, 0.25) is 0 Å². The number of amides is 1. The number of benzene rings is 1. The zero-order valence-electron chi connectivity index (χ0n) is 14.5. The van der Waals surface area contributed by atoms with Crippen LogP contribution in [0.5, 0.6) is 5.75 Å². The highest BCUT2D eigenvalue weighted by atomic mass is 32.2. The van der Waals surface area contributed by atoms with Gasteiger partial charge in [-0.05, 0) is 44.2 Å². The van der Waals surface area contributed by atoms with Crippen LogP contribution in [0.1, 0.15) is 32.1 Å². The van der Waals surface area contributed by atoms with Crippen LogP contribution in [-0.4, -0.2) is 49.5 Å². The summed E-state index contributed by atoms with van der Waals surface area (Å²) in [4.78, 5) is 11.8. The predicted octanol–water partition coefficient (Wildman–Crippen LogP) is 0.499. The summed E-state index contributed by atoms with van der Waals surface area (Å²) in [7, 11) is -3.73. The summed E-state index contributed by atoms with van der Waals surface area (Å²) in [5.74, 6) is -1.16. The SMILES string of the molecule is CS(=O)(=O)c1cc(OCC(=O)NC23CCC(N)(CC2)[C@@H](O)C3)ccc1F. The van der Waals surface area contributed by atoms with Crippen molar-refractivity contribution in [3.05, 3.63) is 24.0 Å². The number of hydrogen-bond acceptors (Lipinski definition) is 6. The first-order valence-electron chi connectivity index (χ1n) is 8.43. The minimum absolute atomic E-state index is 0.0905. The van der Waals surface area contributed by atoms with Crippen molar-refractivity contribution in [2.75, 3.05) is 12.9 Å². The Morgan fingerprint density at radius 1 is 1.38 bits per heavy atom. The van der Waals surface area contributed by atoms with Gasteiger partial charge in [-0.1, -0.05) is 0 Å². The lowest BCUT2D eigenvalue weighted by Gasteiger charge is -2.54. The fourth-order valence-electron chi connectivity index (χ4n) is 3.82. The summed E-state index contributed by atoms with van der Waals surface area (Å²) in [6.45, 7) is -0.333. The third-order valence-electron chi connectivity index (χ3n) is 5.46. The van der Waals surface area contributed by atoms with Crippen LogP contribution in [0.3, 0.4) is 0 Å². The molecule has 0 saturated heterocycles. The summed E-state index contributed by atoms with van der Waals surface area (Å²) < 4.78 is 42.0. The lowest BCUT2D eigenvalue weighted by molar-refractivity contribution is -0.128. The fraction of sp³-hybridized carbons (Fsp3) is 0.588. The average molecular weight is 386 g/mol. The van der Waals surface area contributed by atoms with E-state index in [9.17, 15) is 22.7 Å². The highest BCUT2D eigenvalue weighted by Gasteiger charge is 2.52. The summed E-state index contributed by atoms with van der Waals surface area (Å²) in [5.41, 5.74) is 5.12. The minimum Gasteiger partial charge on any atom is -0.484 e. The number of nitrogens with one attached hydrogen (secondary N) is 1. The van der Waals surface area contributed by atoms with Crippen molar-refractivity contribution in [1.82, 2.24) is 5.32 Å². The summed E-state index contributed by atoms with van der Waals surface area (Å²) in [5, 5.41) is 13.1. The van der Waals surface area contributed by atoms with Gasteiger partial charge in [-0.2, -0.15) is 0 Å². The van der Waals surface area contributed by atoms with Crippen LogP contribution in [0.15, 0.2) is 23.1 Å². The number of aliphatic hydroxyl groups is 1. The quantitative estimate of drug-likeness (QED) is 0.678. The molecule has 1 atom stereocenters. The van der Waals surface area contributed by atoms with E-state index < -0.39 is 37.7 Å². The van der Waals surface area contributed by atoms with E-state index in [1.165, 1.54) is 6.07 Å². The molecule has 0 heterocycles. The van der Waals surface area contributed by atoms with Gasteiger partial charge >= 0.3 is 0 Å². The van der Waals surface area contributed by atoms with Crippen molar-refractivity contribution in [2.45, 2.75) is 54.2 Å². The van der Waals surface area contributed by atoms with E-state index in [1.54, 1.807) is 0 Å². The van der Waals surface area contributed by atoms with Crippen molar-refractivity contribution in [3.63, 3.8) is 0 Å². The van der Waals surface area contributed by atoms with E-state index >= 15 is 0 Å². The van der Waals surface area contributed by atoms with Gasteiger partial charge in [0, 0.05) is 23.4 Å². The summed E-state index contributed by atoms with van der Waals surface area (Å²) >= 11 is 0. The Kier molecular flexibility index (Phi) is 4.74. The van der Waals surface area contributed by atoms with Crippen molar-refractivity contribution >= 4 is 15.7 Å². The summed E-state index contributed by atoms with van der Waals surface area (Å²) in [6.07, 6.45) is 3.33. The second-order valence-electron chi connectivity index (χ2n) is 7.43. The normalized spacial score (nSPS) is 30.8. The van der Waals surface area contributed by atoms with Crippen molar-refractivity contribution in [3.8, 4) is 5.75 Å². The number of halogens is 1. The van der Waals surface area contributed by atoms with E-state index in [0.29, 0.717) is 32.1 Å². The monoisotopic (exact) mass is 386 g/mol. The smallest absolute Gasteiger partial charge is 0.258 e. The maximum Gasteiger partial charge on any atom is 0.258 e. The number of nitrogens with two attached hydrogens (primary N) is 1. The molecule has 0 spiro atoms. The fourth-order valence-corrected chi connectivity index (χ4v) is 4.57. The van der Waals surface area contributed by atoms with Gasteiger partial charge in [0.15, 0.2) is 16.4 Å². The molecule has 4 rings (SSSR count). The number of carbonyl (C=O) groups excluding carboxylic acids is 1. The third kappa shape index (κ3) is 3.70. The number of aliphatic hydroxyl groups excluding tert-OH is 1. The first kappa shape index (κ1) is 19.1. The first-order chi connectivity index (χ1) is 12.0. The molecule has 0 unspecified atom stereocenters. The average Bonchev–Trinajstić information content (AvgIpc) is 2.55. The second-order valence-corrected chi connectivity index (χ2v) is 9.42. The number of fused-ring (bicyclic) bond motifs is 3. The van der Waals surface area contributed by atoms with Gasteiger partial charge in [-0.25, -0.2) is 12.8 Å². The molecule has 3 saturated carbocycles. The molecule has 1 aromatic rings. The van der Waals surface area contributed by atoms with E-state index in [-0.39, 0.29) is 18.3 Å². The van der Waals surface area contributed by atoms with Gasteiger partial charge < -0.3 is 20.9 Å². The molecule has 4 N–H and O–H groups in total. The zero-order valence-corrected chi connectivity index (χ0v) is 15.3. The molecule has 7 nitrogen and oxygen atoms in total. The Morgan fingerprint density at radius 3 is 2.62 bits per heavy atom. The van der Waals surface area contributed by atoms with Crippen LogP contribution in [0.2, 0.25) is 0 Å².